The van der Waals surface area contributed by atoms with E-state index in [0.29, 0.717) is 19.8 Å². The number of anilines is 1. The number of aliphatic hydroxyl groups excluding tert-OH is 1. The Bertz CT molecular complexity index is 606. The van der Waals surface area contributed by atoms with Gasteiger partial charge in [0.2, 0.25) is 10.0 Å². The van der Waals surface area contributed by atoms with Gasteiger partial charge in [-0.05, 0) is 18.2 Å². The molecule has 0 unspecified atom stereocenters. The first-order valence-corrected chi connectivity index (χ1v) is 8.95. The third kappa shape index (κ3) is 5.40. The first-order valence-electron chi connectivity index (χ1n) is 7.47. The summed E-state index contributed by atoms with van der Waals surface area (Å²) in [7, 11) is -3.84. The van der Waals surface area contributed by atoms with E-state index in [4.69, 9.17) is 9.84 Å². The molecule has 1 fully saturated rings. The number of ether oxygens (including phenoxy) is 1. The predicted octanol–water partition coefficient (Wildman–Crippen LogP) is -0.160. The lowest BCUT2D eigenvalue weighted by molar-refractivity contribution is 0.0390. The standard InChI is InChI=1S/C14H22FN3O4S/c15-12-1-2-13(16-4-8-19)14(11-12)23(20,21)17-3-5-18-6-9-22-10-7-18/h1-2,11,16-17,19H,3-10H2. The van der Waals surface area contributed by atoms with Crippen molar-refractivity contribution in [2.24, 2.45) is 0 Å². The van der Waals surface area contributed by atoms with Gasteiger partial charge in [0.1, 0.15) is 10.7 Å². The van der Waals surface area contributed by atoms with E-state index in [1.165, 1.54) is 12.1 Å². The molecule has 1 heterocycles. The Hall–Kier alpha value is -1.26. The number of morpholine rings is 1. The van der Waals surface area contributed by atoms with Crippen molar-refractivity contribution in [1.82, 2.24) is 9.62 Å². The number of sulfonamides is 1. The van der Waals surface area contributed by atoms with E-state index in [2.05, 4.69) is 14.9 Å². The molecule has 130 valence electrons. The van der Waals surface area contributed by atoms with Crippen LogP contribution in [0.15, 0.2) is 23.1 Å². The average Bonchev–Trinajstić information content (AvgIpc) is 2.54. The maximum Gasteiger partial charge on any atom is 0.242 e. The van der Waals surface area contributed by atoms with E-state index >= 15 is 0 Å². The first-order chi connectivity index (χ1) is 11.0. The average molecular weight is 347 g/mol. The zero-order valence-electron chi connectivity index (χ0n) is 12.8. The van der Waals surface area contributed by atoms with Crippen molar-refractivity contribution in [1.29, 1.82) is 0 Å². The van der Waals surface area contributed by atoms with Crippen LogP contribution in [0.3, 0.4) is 0 Å². The van der Waals surface area contributed by atoms with Gasteiger partial charge in [0.25, 0.3) is 0 Å². The van der Waals surface area contributed by atoms with Crippen molar-refractivity contribution in [3.63, 3.8) is 0 Å². The molecule has 2 rings (SSSR count). The summed E-state index contributed by atoms with van der Waals surface area (Å²) in [6.45, 7) is 3.66. The van der Waals surface area contributed by atoms with Gasteiger partial charge in [0, 0.05) is 32.7 Å². The van der Waals surface area contributed by atoms with E-state index in [1.807, 2.05) is 0 Å². The van der Waals surface area contributed by atoms with Gasteiger partial charge in [-0.25, -0.2) is 17.5 Å². The zero-order valence-corrected chi connectivity index (χ0v) is 13.6. The van der Waals surface area contributed by atoms with Gasteiger partial charge in [-0.2, -0.15) is 0 Å². The third-order valence-electron chi connectivity index (χ3n) is 3.48. The van der Waals surface area contributed by atoms with Gasteiger partial charge in [0.05, 0.1) is 25.5 Å². The summed E-state index contributed by atoms with van der Waals surface area (Å²) in [4.78, 5) is 1.94. The van der Waals surface area contributed by atoms with Crippen LogP contribution in [0.25, 0.3) is 0 Å². The highest BCUT2D eigenvalue weighted by Crippen LogP contribution is 2.22. The molecule has 0 atom stereocenters. The Morgan fingerprint density at radius 3 is 2.70 bits per heavy atom. The summed E-state index contributed by atoms with van der Waals surface area (Å²) in [5.41, 5.74) is 0.263. The molecule has 1 aromatic rings. The Morgan fingerprint density at radius 1 is 1.26 bits per heavy atom. The molecule has 7 nitrogen and oxygen atoms in total. The highest BCUT2D eigenvalue weighted by molar-refractivity contribution is 7.89. The fraction of sp³-hybridized carbons (Fsp3) is 0.571. The second kappa shape index (κ2) is 8.55. The Kier molecular flexibility index (Phi) is 6.72. The molecule has 0 aliphatic carbocycles. The molecular formula is C14H22FN3O4S. The van der Waals surface area contributed by atoms with Crippen LogP contribution in [0.1, 0.15) is 0 Å². The van der Waals surface area contributed by atoms with Crippen LogP contribution in [0, 0.1) is 5.82 Å². The lowest BCUT2D eigenvalue weighted by atomic mass is 10.3. The SMILES string of the molecule is O=S(=O)(NCCN1CCOCC1)c1cc(F)ccc1NCCO. The van der Waals surface area contributed by atoms with E-state index in [1.54, 1.807) is 0 Å². The molecule has 0 aromatic heterocycles. The molecule has 1 aliphatic rings. The number of hydrogen-bond donors (Lipinski definition) is 3. The largest absolute Gasteiger partial charge is 0.395 e. The molecule has 0 saturated carbocycles. The molecule has 9 heteroatoms. The van der Waals surface area contributed by atoms with Gasteiger partial charge in [0.15, 0.2) is 0 Å². The van der Waals surface area contributed by atoms with E-state index in [-0.39, 0.29) is 30.3 Å². The van der Waals surface area contributed by atoms with Crippen LogP contribution in [0.4, 0.5) is 10.1 Å². The van der Waals surface area contributed by atoms with Gasteiger partial charge < -0.3 is 15.2 Å². The predicted molar refractivity (Wildman–Crippen MR) is 84.4 cm³/mol. The maximum absolute atomic E-state index is 13.4. The van der Waals surface area contributed by atoms with Crippen molar-refractivity contribution in [3.8, 4) is 0 Å². The highest BCUT2D eigenvalue weighted by Gasteiger charge is 2.20. The normalized spacial score (nSPS) is 16.4. The second-order valence-corrected chi connectivity index (χ2v) is 6.88. The molecule has 0 amide bonds. The maximum atomic E-state index is 13.4. The van der Waals surface area contributed by atoms with Crippen molar-refractivity contribution >= 4 is 15.7 Å². The van der Waals surface area contributed by atoms with Crippen molar-refractivity contribution in [2.45, 2.75) is 4.90 Å². The summed E-state index contributed by atoms with van der Waals surface area (Å²) < 4.78 is 45.9. The number of halogens is 1. The molecule has 3 N–H and O–H groups in total. The molecule has 1 aliphatic heterocycles. The van der Waals surface area contributed by atoms with Gasteiger partial charge in [-0.15, -0.1) is 0 Å². The van der Waals surface area contributed by atoms with E-state index in [0.717, 1.165) is 19.2 Å². The number of nitrogens with one attached hydrogen (secondary N) is 2. The highest BCUT2D eigenvalue weighted by atomic mass is 32.2. The molecule has 0 bridgehead atoms. The summed E-state index contributed by atoms with van der Waals surface area (Å²) in [6.07, 6.45) is 0. The van der Waals surface area contributed by atoms with Gasteiger partial charge in [-0.1, -0.05) is 0 Å². The minimum Gasteiger partial charge on any atom is -0.395 e. The quantitative estimate of drug-likeness (QED) is 0.605. The zero-order chi connectivity index (χ0) is 16.7. The molecule has 1 saturated heterocycles. The lowest BCUT2D eigenvalue weighted by Gasteiger charge is -2.26. The topological polar surface area (TPSA) is 90.9 Å². The number of benzene rings is 1. The number of nitrogens with zero attached hydrogens (tertiary/aromatic N) is 1. The lowest BCUT2D eigenvalue weighted by Crippen LogP contribution is -2.41. The van der Waals surface area contributed by atoms with E-state index in [9.17, 15) is 12.8 Å². The molecule has 23 heavy (non-hydrogen) atoms. The molecule has 0 radical (unpaired) electrons. The molecule has 0 spiro atoms. The second-order valence-electron chi connectivity index (χ2n) is 5.14. The third-order valence-corrected chi connectivity index (χ3v) is 4.99. The molecule has 1 aromatic carbocycles. The Morgan fingerprint density at radius 2 is 2.00 bits per heavy atom. The first kappa shape index (κ1) is 18.1. The number of aliphatic hydroxyl groups is 1. The van der Waals surface area contributed by atoms with Gasteiger partial charge in [-0.3, -0.25) is 4.90 Å². The Labute approximate surface area is 135 Å². The fourth-order valence-electron chi connectivity index (χ4n) is 2.30. The molecular weight excluding hydrogens is 325 g/mol. The van der Waals surface area contributed by atoms with Crippen molar-refractivity contribution in [3.05, 3.63) is 24.0 Å². The summed E-state index contributed by atoms with van der Waals surface area (Å²) in [6, 6.07) is 3.49. The van der Waals surface area contributed by atoms with Crippen LogP contribution in [0.5, 0.6) is 0 Å². The number of rotatable bonds is 8. The van der Waals surface area contributed by atoms with Crippen molar-refractivity contribution in [2.75, 3.05) is 57.9 Å². The van der Waals surface area contributed by atoms with Crippen molar-refractivity contribution < 1.29 is 22.7 Å². The Balaban J connectivity index is 2.01. The minimum absolute atomic E-state index is 0.151. The summed E-state index contributed by atoms with van der Waals surface area (Å²) >= 11 is 0. The summed E-state index contributed by atoms with van der Waals surface area (Å²) in [5, 5.41) is 11.6. The monoisotopic (exact) mass is 347 g/mol. The number of hydrogen-bond acceptors (Lipinski definition) is 6. The fourth-order valence-corrected chi connectivity index (χ4v) is 3.51. The van der Waals surface area contributed by atoms with Crippen LogP contribution in [0.2, 0.25) is 0 Å². The van der Waals surface area contributed by atoms with Gasteiger partial charge >= 0.3 is 0 Å². The minimum atomic E-state index is -3.84. The van der Waals surface area contributed by atoms with Crippen LogP contribution in [-0.2, 0) is 14.8 Å². The van der Waals surface area contributed by atoms with Crippen LogP contribution >= 0.6 is 0 Å². The van der Waals surface area contributed by atoms with E-state index < -0.39 is 15.8 Å². The van der Waals surface area contributed by atoms with Crippen LogP contribution in [-0.4, -0.2) is 71.0 Å². The smallest absolute Gasteiger partial charge is 0.242 e. The van der Waals surface area contributed by atoms with Crippen LogP contribution < -0.4 is 10.0 Å². The summed E-state index contributed by atoms with van der Waals surface area (Å²) in [5.74, 6) is -0.631.